The standard InChI is InChI=1S/C24H22O6P2/c25-31(26,21-18-24-14-8-3-9-15-24)30-32(27,28-19-16-22-10-4-1-5-11-22)29-20-17-23-12-6-2-7-13-23/h1-21H,(H,25,26). The van der Waals surface area contributed by atoms with E-state index >= 15 is 0 Å². The molecule has 0 aliphatic heterocycles. The Labute approximate surface area is 187 Å². The van der Waals surface area contributed by atoms with Gasteiger partial charge in [-0.3, -0.25) is 4.57 Å². The van der Waals surface area contributed by atoms with Gasteiger partial charge in [-0.2, -0.15) is 4.31 Å². The van der Waals surface area contributed by atoms with Crippen molar-refractivity contribution in [2.24, 2.45) is 0 Å². The Kier molecular flexibility index (Phi) is 8.43. The average molecular weight is 468 g/mol. The van der Waals surface area contributed by atoms with Crippen molar-refractivity contribution in [3.8, 4) is 0 Å². The second-order valence-electron chi connectivity index (χ2n) is 6.46. The molecule has 1 unspecified atom stereocenters. The third kappa shape index (κ3) is 8.18. The van der Waals surface area contributed by atoms with Crippen LogP contribution in [0.25, 0.3) is 18.2 Å². The molecule has 0 spiro atoms. The molecule has 3 aromatic rings. The van der Waals surface area contributed by atoms with Crippen LogP contribution >= 0.6 is 15.4 Å². The van der Waals surface area contributed by atoms with Crippen LogP contribution in [0.4, 0.5) is 0 Å². The summed E-state index contributed by atoms with van der Waals surface area (Å²) in [5.74, 6) is 0.934. The first-order valence-electron chi connectivity index (χ1n) is 9.62. The Balaban J connectivity index is 1.75. The van der Waals surface area contributed by atoms with E-state index in [9.17, 15) is 14.0 Å². The Bertz CT molecular complexity index is 1100. The summed E-state index contributed by atoms with van der Waals surface area (Å²) in [6, 6.07) is 27.1. The zero-order valence-corrected chi connectivity index (χ0v) is 18.8. The van der Waals surface area contributed by atoms with Crippen LogP contribution in [0.1, 0.15) is 16.7 Å². The lowest BCUT2D eigenvalue weighted by atomic mass is 10.2. The maximum Gasteiger partial charge on any atom is 0.594 e. The molecule has 0 aliphatic rings. The smallest absolute Gasteiger partial charge is 0.403 e. The molecule has 0 bridgehead atoms. The highest BCUT2D eigenvalue weighted by Gasteiger charge is 2.36. The molecule has 0 aliphatic carbocycles. The third-order valence-electron chi connectivity index (χ3n) is 3.97. The third-order valence-corrected chi connectivity index (χ3v) is 6.99. The average Bonchev–Trinajstić information content (AvgIpc) is 2.80. The molecule has 1 atom stereocenters. The van der Waals surface area contributed by atoms with E-state index < -0.39 is 15.4 Å². The summed E-state index contributed by atoms with van der Waals surface area (Å²) < 4.78 is 40.9. The zero-order chi connectivity index (χ0) is 22.7. The topological polar surface area (TPSA) is 82.1 Å². The highest BCUT2D eigenvalue weighted by Crippen LogP contribution is 2.64. The van der Waals surface area contributed by atoms with Crippen molar-refractivity contribution in [1.82, 2.24) is 0 Å². The van der Waals surface area contributed by atoms with Crippen LogP contribution in [0.15, 0.2) is 109 Å². The monoisotopic (exact) mass is 468 g/mol. The predicted octanol–water partition coefficient (Wildman–Crippen LogP) is 7.34. The summed E-state index contributed by atoms with van der Waals surface area (Å²) in [4.78, 5) is 10.2. The van der Waals surface area contributed by atoms with Crippen molar-refractivity contribution in [3.05, 3.63) is 126 Å². The molecular formula is C24H22O6P2. The largest absolute Gasteiger partial charge is 0.594 e. The van der Waals surface area contributed by atoms with E-state index in [0.29, 0.717) is 5.56 Å². The van der Waals surface area contributed by atoms with Gasteiger partial charge in [0.05, 0.1) is 12.5 Å². The van der Waals surface area contributed by atoms with E-state index in [-0.39, 0.29) is 0 Å². The molecular weight excluding hydrogens is 446 g/mol. The minimum absolute atomic E-state index is 0.676. The normalized spacial score (nSPS) is 15.5. The van der Waals surface area contributed by atoms with E-state index in [0.717, 1.165) is 29.5 Å². The fraction of sp³-hybridized carbons (Fsp3) is 0. The van der Waals surface area contributed by atoms with Crippen molar-refractivity contribution >= 4 is 33.6 Å². The van der Waals surface area contributed by atoms with Crippen molar-refractivity contribution in [2.75, 3.05) is 0 Å². The number of hydrogen-bond donors (Lipinski definition) is 1. The highest BCUT2D eigenvalue weighted by atomic mass is 31.3. The number of phosphoric ester groups is 1. The van der Waals surface area contributed by atoms with E-state index in [1.54, 1.807) is 48.5 Å². The first kappa shape index (κ1) is 23.5. The molecule has 164 valence electrons. The number of phosphoric acid groups is 1. The van der Waals surface area contributed by atoms with Crippen LogP contribution in [0.2, 0.25) is 0 Å². The van der Waals surface area contributed by atoms with Crippen LogP contribution in [-0.2, 0) is 22.5 Å². The lowest BCUT2D eigenvalue weighted by Gasteiger charge is -2.16. The minimum Gasteiger partial charge on any atom is -0.403 e. The molecule has 32 heavy (non-hydrogen) atoms. The maximum atomic E-state index is 13.1. The summed E-state index contributed by atoms with van der Waals surface area (Å²) in [6.45, 7) is 0. The van der Waals surface area contributed by atoms with Crippen molar-refractivity contribution in [1.29, 1.82) is 0 Å². The Hall–Kier alpha value is -3.14. The van der Waals surface area contributed by atoms with Gasteiger partial charge in [0.15, 0.2) is 0 Å². The van der Waals surface area contributed by atoms with Crippen LogP contribution in [0.5, 0.6) is 0 Å². The highest BCUT2D eigenvalue weighted by molar-refractivity contribution is 7.66. The van der Waals surface area contributed by atoms with Gasteiger partial charge in [-0.05, 0) is 34.9 Å². The van der Waals surface area contributed by atoms with Gasteiger partial charge >= 0.3 is 15.4 Å². The molecule has 0 saturated heterocycles. The maximum absolute atomic E-state index is 13.1. The Morgan fingerprint density at radius 1 is 0.594 bits per heavy atom. The van der Waals surface area contributed by atoms with Gasteiger partial charge in [-0.1, -0.05) is 91.0 Å². The predicted molar refractivity (Wildman–Crippen MR) is 127 cm³/mol. The van der Waals surface area contributed by atoms with Gasteiger partial charge in [-0.25, -0.2) is 4.57 Å². The van der Waals surface area contributed by atoms with Crippen molar-refractivity contribution in [3.63, 3.8) is 0 Å². The Morgan fingerprint density at radius 3 is 1.38 bits per heavy atom. The van der Waals surface area contributed by atoms with Gasteiger partial charge in [0.2, 0.25) is 0 Å². The van der Waals surface area contributed by atoms with E-state index in [2.05, 4.69) is 0 Å². The van der Waals surface area contributed by atoms with E-state index in [1.807, 2.05) is 42.5 Å². The summed E-state index contributed by atoms with van der Waals surface area (Å²) in [6.07, 6.45) is 6.66. The van der Waals surface area contributed by atoms with Gasteiger partial charge < -0.3 is 13.9 Å². The number of hydrogen-bond acceptors (Lipinski definition) is 5. The van der Waals surface area contributed by atoms with Crippen LogP contribution in [0, 0.1) is 0 Å². The van der Waals surface area contributed by atoms with Crippen LogP contribution in [-0.4, -0.2) is 4.89 Å². The molecule has 6 nitrogen and oxygen atoms in total. The lowest BCUT2D eigenvalue weighted by Crippen LogP contribution is -1.92. The summed E-state index contributed by atoms with van der Waals surface area (Å²) >= 11 is 0. The Morgan fingerprint density at radius 2 is 0.969 bits per heavy atom. The molecule has 1 N–H and O–H groups in total. The van der Waals surface area contributed by atoms with Crippen molar-refractivity contribution in [2.45, 2.75) is 0 Å². The lowest BCUT2D eigenvalue weighted by molar-refractivity contribution is 0.242. The van der Waals surface area contributed by atoms with Gasteiger partial charge in [0.1, 0.15) is 0 Å². The molecule has 0 heterocycles. The number of rotatable bonds is 10. The second kappa shape index (κ2) is 11.5. The second-order valence-corrected chi connectivity index (χ2v) is 9.85. The van der Waals surface area contributed by atoms with E-state index in [4.69, 9.17) is 13.4 Å². The molecule has 0 radical (unpaired) electrons. The molecule has 8 heteroatoms. The first-order chi connectivity index (χ1) is 15.4. The first-order valence-corrected chi connectivity index (χ1v) is 12.7. The molecule has 0 amide bonds. The van der Waals surface area contributed by atoms with Crippen LogP contribution in [0.3, 0.4) is 0 Å². The SMILES string of the molecule is O=P(O)(C=Cc1ccccc1)OP(=O)(OC=Cc1ccccc1)OC=Cc1ccccc1. The van der Waals surface area contributed by atoms with Crippen molar-refractivity contribution < 1.29 is 27.4 Å². The molecule has 0 saturated carbocycles. The zero-order valence-electron chi connectivity index (χ0n) is 17.0. The number of benzene rings is 3. The van der Waals surface area contributed by atoms with Gasteiger partial charge in [0, 0.05) is 5.82 Å². The minimum atomic E-state index is -4.47. The molecule has 3 rings (SSSR count). The summed E-state index contributed by atoms with van der Waals surface area (Å²) in [5, 5.41) is 0. The van der Waals surface area contributed by atoms with Gasteiger partial charge in [0.25, 0.3) is 0 Å². The quantitative estimate of drug-likeness (QED) is 0.248. The van der Waals surface area contributed by atoms with Gasteiger partial charge in [-0.15, -0.1) is 0 Å². The molecule has 3 aromatic carbocycles. The summed E-state index contributed by atoms with van der Waals surface area (Å²) in [7, 11) is -8.94. The fourth-order valence-corrected chi connectivity index (χ4v) is 4.98. The molecule has 0 fully saturated rings. The van der Waals surface area contributed by atoms with E-state index in [1.165, 1.54) is 18.2 Å². The van der Waals surface area contributed by atoms with Crippen LogP contribution < -0.4 is 0 Å². The summed E-state index contributed by atoms with van der Waals surface area (Å²) in [5.41, 5.74) is 2.22. The molecule has 0 aromatic heterocycles. The fourth-order valence-electron chi connectivity index (χ4n) is 2.47.